The van der Waals surface area contributed by atoms with E-state index in [-0.39, 0.29) is 29.3 Å². The number of hydrogen-bond acceptors (Lipinski definition) is 4. The van der Waals surface area contributed by atoms with Gasteiger partial charge < -0.3 is 10.6 Å². The molecule has 1 heterocycles. The van der Waals surface area contributed by atoms with E-state index in [4.69, 9.17) is 11.6 Å². The third-order valence-corrected chi connectivity index (χ3v) is 6.68. The van der Waals surface area contributed by atoms with Crippen LogP contribution in [0.15, 0.2) is 53.4 Å². The fraction of sp³-hybridized carbons (Fsp3) is 0.278. The van der Waals surface area contributed by atoms with Gasteiger partial charge in [-0.25, -0.2) is 8.42 Å². The number of nitrogens with zero attached hydrogens (tertiary/aromatic N) is 1. The fourth-order valence-corrected chi connectivity index (χ4v) is 4.91. The van der Waals surface area contributed by atoms with Crippen LogP contribution in [0.1, 0.15) is 22.0 Å². The van der Waals surface area contributed by atoms with Gasteiger partial charge in [0, 0.05) is 37.3 Å². The van der Waals surface area contributed by atoms with Gasteiger partial charge in [0.1, 0.15) is 0 Å². The second-order valence-corrected chi connectivity index (χ2v) is 8.26. The minimum absolute atomic E-state index is 0. The summed E-state index contributed by atoms with van der Waals surface area (Å²) in [7, 11) is -2.19. The maximum absolute atomic E-state index is 13.2. The second-order valence-electron chi connectivity index (χ2n) is 5.96. The van der Waals surface area contributed by atoms with E-state index in [9.17, 15) is 13.2 Å². The van der Waals surface area contributed by atoms with Crippen LogP contribution in [0.2, 0.25) is 5.02 Å². The molecular weight excluding hydrogens is 409 g/mol. The van der Waals surface area contributed by atoms with Crippen LogP contribution in [0.3, 0.4) is 0 Å². The van der Waals surface area contributed by atoms with Crippen molar-refractivity contribution in [2.45, 2.75) is 10.9 Å². The Morgan fingerprint density at radius 2 is 1.85 bits per heavy atom. The molecule has 1 amide bonds. The summed E-state index contributed by atoms with van der Waals surface area (Å²) in [6.45, 7) is 1.39. The Hall–Kier alpha value is -1.64. The molecule has 2 aromatic rings. The highest BCUT2D eigenvalue weighted by Gasteiger charge is 2.35. The monoisotopic (exact) mass is 429 g/mol. The van der Waals surface area contributed by atoms with Gasteiger partial charge in [-0.05, 0) is 35.9 Å². The molecule has 3 rings (SSSR count). The predicted octanol–water partition coefficient (Wildman–Crippen LogP) is 2.46. The molecule has 2 aromatic carbocycles. The lowest BCUT2D eigenvalue weighted by Crippen LogP contribution is -2.48. The predicted molar refractivity (Wildman–Crippen MR) is 108 cm³/mol. The van der Waals surface area contributed by atoms with E-state index in [0.29, 0.717) is 30.2 Å². The molecule has 2 N–H and O–H groups in total. The molecule has 0 aromatic heterocycles. The Labute approximate surface area is 170 Å². The quantitative estimate of drug-likeness (QED) is 0.781. The van der Waals surface area contributed by atoms with Crippen molar-refractivity contribution in [1.29, 1.82) is 0 Å². The molecule has 1 atom stereocenters. The van der Waals surface area contributed by atoms with Gasteiger partial charge in [-0.15, -0.1) is 12.4 Å². The lowest BCUT2D eigenvalue weighted by molar-refractivity contribution is 0.0963. The van der Waals surface area contributed by atoms with Crippen molar-refractivity contribution in [2.75, 3.05) is 26.7 Å². The summed E-state index contributed by atoms with van der Waals surface area (Å²) in [5.74, 6) is -0.259. The SMILES string of the molecule is CNC(=O)c1ccc(S(=O)(=O)N2CCNCC2c2ccccc2Cl)cc1.Cl. The van der Waals surface area contributed by atoms with Crippen molar-refractivity contribution in [1.82, 2.24) is 14.9 Å². The zero-order valence-corrected chi connectivity index (χ0v) is 17.1. The molecule has 1 fully saturated rings. The van der Waals surface area contributed by atoms with Gasteiger partial charge in [0.2, 0.25) is 10.0 Å². The van der Waals surface area contributed by atoms with Gasteiger partial charge in [-0.2, -0.15) is 4.31 Å². The Morgan fingerprint density at radius 1 is 1.19 bits per heavy atom. The van der Waals surface area contributed by atoms with Gasteiger partial charge in [0.25, 0.3) is 5.91 Å². The van der Waals surface area contributed by atoms with E-state index in [2.05, 4.69) is 10.6 Å². The highest BCUT2D eigenvalue weighted by atomic mass is 35.5. The van der Waals surface area contributed by atoms with Crippen LogP contribution in [0.25, 0.3) is 0 Å². The van der Waals surface area contributed by atoms with Crippen LogP contribution < -0.4 is 10.6 Å². The Morgan fingerprint density at radius 3 is 2.48 bits per heavy atom. The minimum Gasteiger partial charge on any atom is -0.355 e. The van der Waals surface area contributed by atoms with Gasteiger partial charge in [-0.3, -0.25) is 4.79 Å². The molecule has 6 nitrogen and oxygen atoms in total. The van der Waals surface area contributed by atoms with E-state index in [1.165, 1.54) is 35.6 Å². The van der Waals surface area contributed by atoms with Crippen molar-refractivity contribution in [3.05, 3.63) is 64.7 Å². The number of benzene rings is 2. The Balaban J connectivity index is 0.00000261. The first-order valence-corrected chi connectivity index (χ1v) is 10.1. The summed E-state index contributed by atoms with van der Waals surface area (Å²) in [6.07, 6.45) is 0. The van der Waals surface area contributed by atoms with Gasteiger partial charge in [0.15, 0.2) is 0 Å². The number of carbonyl (C=O) groups excluding carboxylic acids is 1. The van der Waals surface area contributed by atoms with Crippen LogP contribution in [0.5, 0.6) is 0 Å². The summed E-state index contributed by atoms with van der Waals surface area (Å²) in [4.78, 5) is 11.8. The zero-order valence-electron chi connectivity index (χ0n) is 14.7. The topological polar surface area (TPSA) is 78.5 Å². The first kappa shape index (κ1) is 21.7. The minimum atomic E-state index is -3.72. The number of carbonyl (C=O) groups is 1. The number of halogens is 2. The molecule has 1 aliphatic heterocycles. The third-order valence-electron chi connectivity index (χ3n) is 4.41. The van der Waals surface area contributed by atoms with Crippen LogP contribution in [0.4, 0.5) is 0 Å². The van der Waals surface area contributed by atoms with E-state index >= 15 is 0 Å². The normalized spacial score (nSPS) is 17.8. The first-order valence-electron chi connectivity index (χ1n) is 8.24. The van der Waals surface area contributed by atoms with Crippen molar-refractivity contribution < 1.29 is 13.2 Å². The Kier molecular flexibility index (Phi) is 7.25. The maximum Gasteiger partial charge on any atom is 0.251 e. The van der Waals surface area contributed by atoms with E-state index < -0.39 is 10.0 Å². The molecule has 27 heavy (non-hydrogen) atoms. The summed E-state index contributed by atoms with van der Waals surface area (Å²) in [5.41, 5.74) is 1.18. The number of hydrogen-bond donors (Lipinski definition) is 2. The van der Waals surface area contributed by atoms with Crippen molar-refractivity contribution >= 4 is 39.9 Å². The molecule has 9 heteroatoms. The lowest BCUT2D eigenvalue weighted by atomic mass is 10.1. The summed E-state index contributed by atoms with van der Waals surface area (Å²) in [6, 6.07) is 12.8. The standard InChI is InChI=1S/C18H20ClN3O3S.ClH/c1-20-18(23)13-6-8-14(9-7-13)26(24,25)22-11-10-21-12-17(22)15-4-2-3-5-16(15)19;/h2-9,17,21H,10-12H2,1H3,(H,20,23);1H. The van der Waals surface area contributed by atoms with E-state index in [1.807, 2.05) is 18.2 Å². The molecular formula is C18H21Cl2N3O3S. The number of rotatable bonds is 4. The summed E-state index contributed by atoms with van der Waals surface area (Å²) in [5, 5.41) is 6.28. The van der Waals surface area contributed by atoms with Crippen LogP contribution in [0, 0.1) is 0 Å². The van der Waals surface area contributed by atoms with Crippen LogP contribution >= 0.6 is 24.0 Å². The molecule has 1 aliphatic rings. The fourth-order valence-electron chi connectivity index (χ4n) is 3.04. The third kappa shape index (κ3) is 4.44. The van der Waals surface area contributed by atoms with E-state index in [1.54, 1.807) is 6.07 Å². The molecule has 0 bridgehead atoms. The Bertz CT molecular complexity index is 904. The summed E-state index contributed by atoms with van der Waals surface area (Å²) < 4.78 is 27.8. The van der Waals surface area contributed by atoms with Gasteiger partial charge >= 0.3 is 0 Å². The van der Waals surface area contributed by atoms with Crippen LogP contribution in [-0.2, 0) is 10.0 Å². The molecule has 146 valence electrons. The molecule has 1 unspecified atom stereocenters. The first-order chi connectivity index (χ1) is 12.4. The molecule has 0 aliphatic carbocycles. The number of amides is 1. The average Bonchev–Trinajstić information content (AvgIpc) is 2.68. The molecule has 0 spiro atoms. The summed E-state index contributed by atoms with van der Waals surface area (Å²) >= 11 is 6.30. The highest BCUT2D eigenvalue weighted by Crippen LogP contribution is 2.32. The molecule has 0 saturated carbocycles. The van der Waals surface area contributed by atoms with Crippen LogP contribution in [-0.4, -0.2) is 45.3 Å². The zero-order chi connectivity index (χ0) is 18.7. The van der Waals surface area contributed by atoms with Gasteiger partial charge in [0.05, 0.1) is 10.9 Å². The number of piperazine rings is 1. The lowest BCUT2D eigenvalue weighted by Gasteiger charge is -2.35. The largest absolute Gasteiger partial charge is 0.355 e. The maximum atomic E-state index is 13.2. The molecule has 0 radical (unpaired) electrons. The van der Waals surface area contributed by atoms with Crippen molar-refractivity contribution in [2.24, 2.45) is 0 Å². The number of sulfonamides is 1. The van der Waals surface area contributed by atoms with E-state index in [0.717, 1.165) is 5.56 Å². The van der Waals surface area contributed by atoms with Crippen molar-refractivity contribution in [3.8, 4) is 0 Å². The highest BCUT2D eigenvalue weighted by molar-refractivity contribution is 7.89. The molecule has 1 saturated heterocycles. The second kappa shape index (κ2) is 9.03. The van der Waals surface area contributed by atoms with Gasteiger partial charge in [-0.1, -0.05) is 29.8 Å². The van der Waals surface area contributed by atoms with Crippen molar-refractivity contribution in [3.63, 3.8) is 0 Å². The smallest absolute Gasteiger partial charge is 0.251 e. The average molecular weight is 430 g/mol. The number of nitrogens with one attached hydrogen (secondary N) is 2.